The van der Waals surface area contributed by atoms with Crippen LogP contribution in [-0.4, -0.2) is 40.9 Å². The molecule has 2 aliphatic rings. The molecule has 2 atom stereocenters. The molecule has 0 radical (unpaired) electrons. The molecule has 0 aromatic heterocycles. The van der Waals surface area contributed by atoms with Gasteiger partial charge in [-0.3, -0.25) is 9.59 Å². The summed E-state index contributed by atoms with van der Waals surface area (Å²) in [5.41, 5.74) is 4.45. The average Bonchev–Trinajstić information content (AvgIpc) is 3.19. The van der Waals surface area contributed by atoms with Gasteiger partial charge in [0.25, 0.3) is 5.91 Å². The number of nitrogens with zero attached hydrogens (tertiary/aromatic N) is 2. The Hall–Kier alpha value is -3.46. The van der Waals surface area contributed by atoms with Gasteiger partial charge in [-0.25, -0.2) is 14.2 Å². The number of anilines is 1. The first-order valence-corrected chi connectivity index (χ1v) is 9.95. The molecular formula is C22H22F2N4O3. The Balaban J connectivity index is 1.37. The molecule has 0 bridgehead atoms. The van der Waals surface area contributed by atoms with Gasteiger partial charge in [0.1, 0.15) is 18.3 Å². The van der Waals surface area contributed by atoms with Crippen LogP contribution in [0.1, 0.15) is 24.9 Å². The fraction of sp³-hybridized carbons (Fsp3) is 0.273. The van der Waals surface area contributed by atoms with Gasteiger partial charge in [0.2, 0.25) is 5.91 Å². The molecule has 1 fully saturated rings. The molecule has 7 nitrogen and oxygen atoms in total. The second-order valence-corrected chi connectivity index (χ2v) is 7.28. The van der Waals surface area contributed by atoms with E-state index in [0.717, 1.165) is 23.4 Å². The molecule has 0 spiro atoms. The molecule has 162 valence electrons. The predicted molar refractivity (Wildman–Crippen MR) is 110 cm³/mol. The first kappa shape index (κ1) is 20.8. The van der Waals surface area contributed by atoms with Crippen molar-refractivity contribution in [2.75, 3.05) is 18.5 Å². The van der Waals surface area contributed by atoms with Crippen molar-refractivity contribution in [3.63, 3.8) is 0 Å². The number of rotatable bonds is 6. The molecule has 31 heavy (non-hydrogen) atoms. The molecule has 4 rings (SSSR count). The van der Waals surface area contributed by atoms with Crippen LogP contribution in [0.3, 0.4) is 0 Å². The van der Waals surface area contributed by atoms with E-state index < -0.39 is 23.6 Å². The number of fused-ring (bicyclic) bond motifs is 1. The number of benzene rings is 2. The Morgan fingerprint density at radius 2 is 1.94 bits per heavy atom. The van der Waals surface area contributed by atoms with Crippen molar-refractivity contribution in [3.05, 3.63) is 72.1 Å². The van der Waals surface area contributed by atoms with Crippen LogP contribution in [0.4, 0.5) is 14.5 Å². The first-order chi connectivity index (χ1) is 14.9. The number of hydrogen-bond acceptors (Lipinski definition) is 5. The van der Waals surface area contributed by atoms with Crippen LogP contribution in [0.15, 0.2) is 54.9 Å². The minimum Gasteiger partial charge on any atom is -0.494 e. The smallest absolute Gasteiger partial charge is 0.251 e. The van der Waals surface area contributed by atoms with E-state index in [1.807, 2.05) is 31.2 Å². The lowest BCUT2D eigenvalue weighted by Crippen LogP contribution is -2.49. The zero-order valence-corrected chi connectivity index (χ0v) is 16.8. The molecule has 2 aromatic carbocycles. The summed E-state index contributed by atoms with van der Waals surface area (Å²) in [6, 6.07) is 10.3. The molecule has 2 amide bonds. The van der Waals surface area contributed by atoms with Gasteiger partial charge < -0.3 is 20.0 Å². The summed E-state index contributed by atoms with van der Waals surface area (Å²) in [6.07, 6.45) is 3.78. The van der Waals surface area contributed by atoms with Crippen molar-refractivity contribution in [2.45, 2.75) is 25.4 Å². The summed E-state index contributed by atoms with van der Waals surface area (Å²) in [5.74, 6) is -1.99. The van der Waals surface area contributed by atoms with Gasteiger partial charge in [0.05, 0.1) is 12.6 Å². The Morgan fingerprint density at radius 1 is 1.16 bits per heavy atom. The number of ether oxygens (including phenoxy) is 1. The van der Waals surface area contributed by atoms with Crippen molar-refractivity contribution in [1.29, 1.82) is 0 Å². The van der Waals surface area contributed by atoms with Crippen molar-refractivity contribution in [3.8, 4) is 5.75 Å². The summed E-state index contributed by atoms with van der Waals surface area (Å²) in [7, 11) is 0. The number of nitrogens with one attached hydrogen (secondary N) is 2. The van der Waals surface area contributed by atoms with Gasteiger partial charge >= 0.3 is 0 Å². The third-order valence-electron chi connectivity index (χ3n) is 5.19. The van der Waals surface area contributed by atoms with E-state index in [1.165, 1.54) is 17.2 Å². The minimum absolute atomic E-state index is 0.0507. The van der Waals surface area contributed by atoms with E-state index in [2.05, 4.69) is 10.7 Å². The van der Waals surface area contributed by atoms with Crippen molar-refractivity contribution in [1.82, 2.24) is 15.3 Å². The number of amides is 2. The number of hydrazine groups is 1. The molecule has 2 aliphatic heterocycles. The predicted octanol–water partition coefficient (Wildman–Crippen LogP) is 2.94. The molecule has 9 heteroatoms. The average molecular weight is 428 g/mol. The largest absolute Gasteiger partial charge is 0.494 e. The van der Waals surface area contributed by atoms with Crippen molar-refractivity contribution in [2.24, 2.45) is 0 Å². The van der Waals surface area contributed by atoms with Crippen molar-refractivity contribution >= 4 is 17.5 Å². The lowest BCUT2D eigenvalue weighted by molar-refractivity contribution is -0.137. The summed E-state index contributed by atoms with van der Waals surface area (Å²) in [4.78, 5) is 26.5. The summed E-state index contributed by atoms with van der Waals surface area (Å²) < 4.78 is 31.8. The van der Waals surface area contributed by atoms with E-state index in [4.69, 9.17) is 4.74 Å². The Bertz CT molecular complexity index is 1010. The monoisotopic (exact) mass is 428 g/mol. The summed E-state index contributed by atoms with van der Waals surface area (Å²) >= 11 is 0. The molecule has 2 N–H and O–H groups in total. The summed E-state index contributed by atoms with van der Waals surface area (Å²) in [6.45, 7) is 2.29. The quantitative estimate of drug-likeness (QED) is 0.740. The Labute approximate surface area is 178 Å². The second-order valence-electron chi connectivity index (χ2n) is 7.28. The molecular weight excluding hydrogens is 406 g/mol. The Morgan fingerprint density at radius 3 is 2.65 bits per heavy atom. The lowest BCUT2D eigenvalue weighted by atomic mass is 10.0. The van der Waals surface area contributed by atoms with Crippen LogP contribution in [-0.2, 0) is 9.59 Å². The highest BCUT2D eigenvalue weighted by Crippen LogP contribution is 2.31. The molecule has 2 heterocycles. The van der Waals surface area contributed by atoms with E-state index in [1.54, 1.807) is 11.2 Å². The highest BCUT2D eigenvalue weighted by atomic mass is 19.2. The fourth-order valence-electron chi connectivity index (χ4n) is 3.68. The molecule has 2 aromatic rings. The van der Waals surface area contributed by atoms with Crippen molar-refractivity contribution < 1.29 is 23.1 Å². The lowest BCUT2D eigenvalue weighted by Gasteiger charge is -2.31. The van der Waals surface area contributed by atoms with Crippen LogP contribution in [0.5, 0.6) is 5.75 Å². The van der Waals surface area contributed by atoms with Crippen LogP contribution >= 0.6 is 0 Å². The molecule has 2 unspecified atom stereocenters. The fourth-order valence-corrected chi connectivity index (χ4v) is 3.68. The maximum Gasteiger partial charge on any atom is 0.251 e. The molecule has 0 saturated carbocycles. The van der Waals surface area contributed by atoms with Gasteiger partial charge in [-0.15, -0.1) is 0 Å². The van der Waals surface area contributed by atoms with E-state index >= 15 is 0 Å². The number of halogens is 2. The number of carbonyl (C=O) groups excluding carboxylic acids is 2. The van der Waals surface area contributed by atoms with Gasteiger partial charge in [-0.2, -0.15) is 0 Å². The van der Waals surface area contributed by atoms with Crippen LogP contribution < -0.4 is 15.5 Å². The second kappa shape index (κ2) is 8.73. The maximum atomic E-state index is 13.3. The van der Waals surface area contributed by atoms with Gasteiger partial charge in [0, 0.05) is 24.2 Å². The van der Waals surface area contributed by atoms with Crippen LogP contribution in [0.25, 0.3) is 0 Å². The summed E-state index contributed by atoms with van der Waals surface area (Å²) in [5, 5.41) is 4.22. The van der Waals surface area contributed by atoms with E-state index in [9.17, 15) is 18.4 Å². The maximum absolute atomic E-state index is 13.3. The third kappa shape index (κ3) is 4.51. The van der Waals surface area contributed by atoms with Crippen LogP contribution in [0, 0.1) is 11.6 Å². The molecule has 0 aliphatic carbocycles. The third-order valence-corrected chi connectivity index (χ3v) is 5.19. The first-order valence-electron chi connectivity index (χ1n) is 9.95. The van der Waals surface area contributed by atoms with Gasteiger partial charge in [-0.05, 0) is 43.2 Å². The normalized spacial score (nSPS) is 20.0. The standard InChI is InChI=1S/C22H22F2N4O3/c1-2-31-16-6-3-14(4-7-16)19-12-20-22(30)27(9-10-28(20)26-19)13-21(29)25-15-5-8-17(23)18(24)11-15/h3-11,19-20,26H,2,12-13H2,1H3,(H,25,29). The zero-order valence-electron chi connectivity index (χ0n) is 16.8. The minimum atomic E-state index is -1.06. The Kier molecular flexibility index (Phi) is 5.85. The number of hydrogen-bond donors (Lipinski definition) is 2. The molecule has 1 saturated heterocycles. The SMILES string of the molecule is CCOc1ccc(C2CC3C(=O)N(CC(=O)Nc4ccc(F)c(F)c4)C=CN3N2)cc1. The highest BCUT2D eigenvalue weighted by molar-refractivity contribution is 5.96. The van der Waals surface area contributed by atoms with Crippen LogP contribution in [0.2, 0.25) is 0 Å². The zero-order chi connectivity index (χ0) is 22.0. The topological polar surface area (TPSA) is 73.9 Å². The van der Waals surface area contributed by atoms with E-state index in [-0.39, 0.29) is 24.2 Å². The highest BCUT2D eigenvalue weighted by Gasteiger charge is 2.40. The van der Waals surface area contributed by atoms with E-state index in [0.29, 0.717) is 13.0 Å². The number of carbonyl (C=O) groups is 2. The van der Waals surface area contributed by atoms with Gasteiger partial charge in [-0.1, -0.05) is 12.1 Å². The van der Waals surface area contributed by atoms with Gasteiger partial charge in [0.15, 0.2) is 11.6 Å².